The average molecular weight is 328 g/mol. The van der Waals surface area contributed by atoms with Gasteiger partial charge >= 0.3 is 0 Å². The van der Waals surface area contributed by atoms with Crippen LogP contribution in [0.5, 0.6) is 0 Å². The van der Waals surface area contributed by atoms with Gasteiger partial charge in [-0.25, -0.2) is 4.98 Å². The van der Waals surface area contributed by atoms with Crippen LogP contribution in [0, 0.1) is 6.92 Å². The molecule has 1 amide bonds. The van der Waals surface area contributed by atoms with Crippen molar-refractivity contribution in [3.8, 4) is 0 Å². The van der Waals surface area contributed by atoms with Gasteiger partial charge in [0, 0.05) is 4.90 Å². The zero-order chi connectivity index (χ0) is 15.5. The summed E-state index contributed by atoms with van der Waals surface area (Å²) in [4.78, 5) is 17.8. The summed E-state index contributed by atoms with van der Waals surface area (Å²) in [6.45, 7) is 3.96. The van der Waals surface area contributed by atoms with Crippen LogP contribution in [0.15, 0.2) is 53.4 Å². The maximum atomic E-state index is 12.3. The Hall–Kier alpha value is -1.85. The third-order valence-corrected chi connectivity index (χ3v) is 5.29. The number of hydrogen-bond donors (Lipinski definition) is 1. The normalized spacial score (nSPS) is 12.3. The van der Waals surface area contributed by atoms with Crippen LogP contribution in [0.2, 0.25) is 0 Å². The van der Waals surface area contributed by atoms with Crippen molar-refractivity contribution >= 4 is 44.4 Å². The SMILES string of the molecule is Cc1ccc(S[C@@H](C)C(=O)Nc2nc3ccccc3s2)cc1. The van der Waals surface area contributed by atoms with Crippen LogP contribution in [0.4, 0.5) is 5.13 Å². The molecule has 5 heteroatoms. The van der Waals surface area contributed by atoms with Gasteiger partial charge in [-0.05, 0) is 38.1 Å². The van der Waals surface area contributed by atoms with Crippen molar-refractivity contribution < 1.29 is 4.79 Å². The highest BCUT2D eigenvalue weighted by atomic mass is 32.2. The minimum absolute atomic E-state index is 0.0235. The van der Waals surface area contributed by atoms with Gasteiger partial charge in [-0.15, -0.1) is 11.8 Å². The van der Waals surface area contributed by atoms with Gasteiger partial charge in [0.2, 0.25) is 5.91 Å². The number of thiazole rings is 1. The Labute approximate surface area is 137 Å². The van der Waals surface area contributed by atoms with Gasteiger partial charge in [0.1, 0.15) is 0 Å². The molecule has 1 heterocycles. The molecule has 0 aliphatic heterocycles. The number of anilines is 1. The number of carbonyl (C=O) groups excluding carboxylic acids is 1. The highest BCUT2D eigenvalue weighted by molar-refractivity contribution is 8.00. The summed E-state index contributed by atoms with van der Waals surface area (Å²) in [5.41, 5.74) is 2.14. The van der Waals surface area contributed by atoms with E-state index in [0.717, 1.165) is 15.1 Å². The van der Waals surface area contributed by atoms with Gasteiger partial charge in [0.15, 0.2) is 5.13 Å². The van der Waals surface area contributed by atoms with Crippen LogP contribution >= 0.6 is 23.1 Å². The van der Waals surface area contributed by atoms with E-state index < -0.39 is 0 Å². The van der Waals surface area contributed by atoms with Crippen LogP contribution in [0.3, 0.4) is 0 Å². The Kier molecular flexibility index (Phi) is 4.45. The third kappa shape index (κ3) is 3.48. The minimum atomic E-state index is -0.172. The standard InChI is InChI=1S/C17H16N2OS2/c1-11-7-9-13(10-8-11)21-12(2)16(20)19-17-18-14-5-3-4-6-15(14)22-17/h3-10,12H,1-2H3,(H,18,19,20)/t12-/m0/s1. The van der Waals surface area contributed by atoms with Crippen molar-refractivity contribution in [2.75, 3.05) is 5.32 Å². The summed E-state index contributed by atoms with van der Waals surface area (Å²) in [6, 6.07) is 16.1. The number of thioether (sulfide) groups is 1. The van der Waals surface area contributed by atoms with E-state index in [1.165, 1.54) is 16.9 Å². The lowest BCUT2D eigenvalue weighted by molar-refractivity contribution is -0.115. The number of amides is 1. The van der Waals surface area contributed by atoms with Crippen LogP contribution in [-0.4, -0.2) is 16.1 Å². The van der Waals surface area contributed by atoms with Crippen LogP contribution in [0.1, 0.15) is 12.5 Å². The lowest BCUT2D eigenvalue weighted by atomic mass is 10.2. The molecule has 0 saturated heterocycles. The molecule has 0 fully saturated rings. The van der Waals surface area contributed by atoms with E-state index in [4.69, 9.17) is 0 Å². The summed E-state index contributed by atoms with van der Waals surface area (Å²) >= 11 is 3.05. The maximum absolute atomic E-state index is 12.3. The molecule has 0 spiro atoms. The molecule has 0 unspecified atom stereocenters. The fraction of sp³-hybridized carbons (Fsp3) is 0.176. The second-order valence-corrected chi connectivity index (χ2v) is 7.49. The first-order valence-electron chi connectivity index (χ1n) is 7.01. The number of nitrogens with zero attached hydrogens (tertiary/aromatic N) is 1. The summed E-state index contributed by atoms with van der Waals surface area (Å²) in [7, 11) is 0. The Balaban J connectivity index is 1.66. The fourth-order valence-electron chi connectivity index (χ4n) is 2.01. The number of carbonyl (C=O) groups is 1. The van der Waals surface area contributed by atoms with E-state index in [0.29, 0.717) is 5.13 Å². The molecular formula is C17H16N2OS2. The molecule has 112 valence electrons. The molecule has 0 aliphatic rings. The summed E-state index contributed by atoms with van der Waals surface area (Å²) in [5, 5.41) is 3.39. The number of fused-ring (bicyclic) bond motifs is 1. The van der Waals surface area contributed by atoms with Gasteiger partial charge in [-0.1, -0.05) is 41.2 Å². The number of para-hydroxylation sites is 1. The number of nitrogens with one attached hydrogen (secondary N) is 1. The Morgan fingerprint density at radius 2 is 1.91 bits per heavy atom. The molecular weight excluding hydrogens is 312 g/mol. The highest BCUT2D eigenvalue weighted by Gasteiger charge is 2.16. The molecule has 1 atom stereocenters. The molecule has 0 radical (unpaired) electrons. The van der Waals surface area contributed by atoms with Crippen LogP contribution in [-0.2, 0) is 4.79 Å². The lowest BCUT2D eigenvalue weighted by Crippen LogP contribution is -2.22. The number of benzene rings is 2. The smallest absolute Gasteiger partial charge is 0.239 e. The van der Waals surface area contributed by atoms with E-state index in [2.05, 4.69) is 29.4 Å². The zero-order valence-electron chi connectivity index (χ0n) is 12.4. The average Bonchev–Trinajstić information content (AvgIpc) is 2.91. The van der Waals surface area contributed by atoms with Crippen molar-refractivity contribution in [3.05, 3.63) is 54.1 Å². The molecule has 0 aliphatic carbocycles. The first-order chi connectivity index (χ1) is 10.6. The molecule has 0 bridgehead atoms. The first kappa shape index (κ1) is 15.1. The van der Waals surface area contributed by atoms with E-state index in [1.807, 2.05) is 43.3 Å². The molecule has 3 nitrogen and oxygen atoms in total. The third-order valence-electron chi connectivity index (χ3n) is 3.23. The summed E-state index contributed by atoms with van der Waals surface area (Å²) < 4.78 is 1.08. The highest BCUT2D eigenvalue weighted by Crippen LogP contribution is 2.28. The van der Waals surface area contributed by atoms with Gasteiger partial charge in [0.25, 0.3) is 0 Å². The quantitative estimate of drug-likeness (QED) is 0.704. The van der Waals surface area contributed by atoms with E-state index in [-0.39, 0.29) is 11.2 Å². The largest absolute Gasteiger partial charge is 0.301 e. The Morgan fingerprint density at radius 3 is 2.64 bits per heavy atom. The lowest BCUT2D eigenvalue weighted by Gasteiger charge is -2.10. The second kappa shape index (κ2) is 6.50. The predicted molar refractivity (Wildman–Crippen MR) is 94.7 cm³/mol. The maximum Gasteiger partial charge on any atom is 0.239 e. The zero-order valence-corrected chi connectivity index (χ0v) is 14.0. The molecule has 3 rings (SSSR count). The Bertz CT molecular complexity index is 763. The number of hydrogen-bond acceptors (Lipinski definition) is 4. The summed E-state index contributed by atoms with van der Waals surface area (Å²) in [5.74, 6) is -0.0235. The monoisotopic (exact) mass is 328 g/mol. The number of rotatable bonds is 4. The molecule has 1 N–H and O–H groups in total. The van der Waals surface area contributed by atoms with E-state index >= 15 is 0 Å². The van der Waals surface area contributed by atoms with Gasteiger partial charge in [-0.2, -0.15) is 0 Å². The topological polar surface area (TPSA) is 42.0 Å². The van der Waals surface area contributed by atoms with Gasteiger partial charge in [0.05, 0.1) is 15.5 Å². The molecule has 3 aromatic rings. The van der Waals surface area contributed by atoms with Crippen LogP contribution < -0.4 is 5.32 Å². The second-order valence-electron chi connectivity index (χ2n) is 5.05. The fourth-order valence-corrected chi connectivity index (χ4v) is 3.74. The molecule has 2 aromatic carbocycles. The van der Waals surface area contributed by atoms with Crippen LogP contribution in [0.25, 0.3) is 10.2 Å². The predicted octanol–water partition coefficient (Wildman–Crippen LogP) is 4.72. The number of aromatic nitrogens is 1. The van der Waals surface area contributed by atoms with Crippen molar-refractivity contribution in [3.63, 3.8) is 0 Å². The van der Waals surface area contributed by atoms with Crippen molar-refractivity contribution in [1.29, 1.82) is 0 Å². The van der Waals surface area contributed by atoms with E-state index in [1.54, 1.807) is 11.8 Å². The van der Waals surface area contributed by atoms with Crippen molar-refractivity contribution in [2.24, 2.45) is 0 Å². The summed E-state index contributed by atoms with van der Waals surface area (Å²) in [6.07, 6.45) is 0. The van der Waals surface area contributed by atoms with Crippen molar-refractivity contribution in [1.82, 2.24) is 4.98 Å². The number of aryl methyl sites for hydroxylation is 1. The van der Waals surface area contributed by atoms with Gasteiger partial charge in [-0.3, -0.25) is 4.79 Å². The molecule has 1 aromatic heterocycles. The first-order valence-corrected chi connectivity index (χ1v) is 8.71. The Morgan fingerprint density at radius 1 is 1.18 bits per heavy atom. The van der Waals surface area contributed by atoms with Gasteiger partial charge < -0.3 is 5.32 Å². The van der Waals surface area contributed by atoms with Crippen molar-refractivity contribution in [2.45, 2.75) is 24.0 Å². The van der Waals surface area contributed by atoms with E-state index in [9.17, 15) is 4.79 Å². The molecule has 22 heavy (non-hydrogen) atoms. The minimum Gasteiger partial charge on any atom is -0.301 e. The molecule has 0 saturated carbocycles.